The molecule has 1 aliphatic carbocycles. The first kappa shape index (κ1) is 16.8. The van der Waals surface area contributed by atoms with E-state index < -0.39 is 17.7 Å². The molecule has 1 aliphatic heterocycles. The Morgan fingerprint density at radius 3 is 2.73 bits per heavy atom. The molecule has 0 aromatic heterocycles. The van der Waals surface area contributed by atoms with Crippen LogP contribution >= 0.6 is 0 Å². The summed E-state index contributed by atoms with van der Waals surface area (Å²) in [6, 6.07) is 13.1. The molecule has 2 N–H and O–H groups in total. The lowest BCUT2D eigenvalue weighted by atomic mass is 9.96. The molecule has 4 rings (SSSR count). The van der Waals surface area contributed by atoms with Crippen LogP contribution in [0.2, 0.25) is 0 Å². The van der Waals surface area contributed by atoms with E-state index in [0.29, 0.717) is 5.75 Å². The van der Waals surface area contributed by atoms with Crippen LogP contribution in [-0.2, 0) is 4.79 Å². The lowest BCUT2D eigenvalue weighted by Gasteiger charge is -2.22. The molecule has 3 amide bonds. The fourth-order valence-electron chi connectivity index (χ4n) is 3.59. The minimum Gasteiger partial charge on any atom is -0.490 e. The first-order chi connectivity index (χ1) is 12.5. The monoisotopic (exact) mass is 354 g/mol. The Morgan fingerprint density at radius 2 is 1.96 bits per heavy atom. The van der Waals surface area contributed by atoms with Crippen LogP contribution in [0.5, 0.6) is 5.75 Å². The SMILES string of the molecule is C[C@]1(C2CC2)NC(=O)N(C[C@H](O)COc2cccc3ccccc23)C1=O. The molecule has 6 heteroatoms. The average Bonchev–Trinajstić information content (AvgIpc) is 3.46. The Labute approximate surface area is 151 Å². The average molecular weight is 354 g/mol. The lowest BCUT2D eigenvalue weighted by molar-refractivity contribution is -0.132. The van der Waals surface area contributed by atoms with E-state index in [1.54, 1.807) is 6.92 Å². The number of benzene rings is 2. The predicted molar refractivity (Wildman–Crippen MR) is 96.8 cm³/mol. The number of fused-ring (bicyclic) bond motifs is 1. The Morgan fingerprint density at radius 1 is 1.23 bits per heavy atom. The molecule has 2 aromatic rings. The number of carbonyl (C=O) groups is 2. The zero-order chi connectivity index (χ0) is 18.3. The Hall–Kier alpha value is -2.60. The number of aliphatic hydroxyl groups excluding tert-OH is 1. The van der Waals surface area contributed by atoms with Crippen LogP contribution in [-0.4, -0.2) is 46.7 Å². The number of urea groups is 1. The molecule has 0 bridgehead atoms. The molecule has 1 heterocycles. The van der Waals surface area contributed by atoms with Crippen molar-refractivity contribution in [3.8, 4) is 5.75 Å². The number of rotatable bonds is 6. The van der Waals surface area contributed by atoms with Gasteiger partial charge in [-0.05, 0) is 37.1 Å². The number of nitrogens with zero attached hydrogens (tertiary/aromatic N) is 1. The van der Waals surface area contributed by atoms with Crippen LogP contribution < -0.4 is 10.1 Å². The normalized spacial score (nSPS) is 24.0. The third-order valence-corrected chi connectivity index (χ3v) is 5.27. The van der Waals surface area contributed by atoms with Crippen molar-refractivity contribution in [2.75, 3.05) is 13.2 Å². The van der Waals surface area contributed by atoms with E-state index in [4.69, 9.17) is 4.74 Å². The van der Waals surface area contributed by atoms with Gasteiger partial charge in [0.2, 0.25) is 0 Å². The number of carbonyl (C=O) groups excluding carboxylic acids is 2. The molecule has 2 fully saturated rings. The maximum absolute atomic E-state index is 12.6. The highest BCUT2D eigenvalue weighted by molar-refractivity contribution is 6.07. The van der Waals surface area contributed by atoms with Gasteiger partial charge in [-0.25, -0.2) is 4.79 Å². The minimum absolute atomic E-state index is 0.00517. The lowest BCUT2D eigenvalue weighted by Crippen LogP contribution is -2.46. The summed E-state index contributed by atoms with van der Waals surface area (Å²) in [6.07, 6.45) is 0.942. The van der Waals surface area contributed by atoms with Gasteiger partial charge >= 0.3 is 6.03 Å². The van der Waals surface area contributed by atoms with Crippen molar-refractivity contribution in [1.29, 1.82) is 0 Å². The molecule has 26 heavy (non-hydrogen) atoms. The van der Waals surface area contributed by atoms with Crippen LogP contribution in [0.25, 0.3) is 10.8 Å². The molecule has 0 spiro atoms. The first-order valence-electron chi connectivity index (χ1n) is 8.92. The van der Waals surface area contributed by atoms with E-state index >= 15 is 0 Å². The van der Waals surface area contributed by atoms with E-state index in [-0.39, 0.29) is 25.0 Å². The summed E-state index contributed by atoms with van der Waals surface area (Å²) < 4.78 is 5.75. The fraction of sp³-hybridized carbons (Fsp3) is 0.400. The van der Waals surface area contributed by atoms with Gasteiger partial charge in [0, 0.05) is 5.39 Å². The summed E-state index contributed by atoms with van der Waals surface area (Å²) >= 11 is 0. The molecule has 0 radical (unpaired) electrons. The van der Waals surface area contributed by atoms with Gasteiger partial charge in [0.25, 0.3) is 5.91 Å². The second-order valence-electron chi connectivity index (χ2n) is 7.26. The van der Waals surface area contributed by atoms with Crippen molar-refractivity contribution in [1.82, 2.24) is 10.2 Å². The molecule has 2 aromatic carbocycles. The topological polar surface area (TPSA) is 78.9 Å². The number of imide groups is 1. The summed E-state index contributed by atoms with van der Waals surface area (Å²) in [4.78, 5) is 25.9. The third-order valence-electron chi connectivity index (χ3n) is 5.27. The summed E-state index contributed by atoms with van der Waals surface area (Å²) in [5, 5.41) is 15.1. The van der Waals surface area contributed by atoms with Gasteiger partial charge in [-0.3, -0.25) is 9.69 Å². The number of aliphatic hydroxyl groups is 1. The zero-order valence-electron chi connectivity index (χ0n) is 14.6. The van der Waals surface area contributed by atoms with Gasteiger partial charge in [0.1, 0.15) is 24.0 Å². The van der Waals surface area contributed by atoms with Crippen molar-refractivity contribution < 1.29 is 19.4 Å². The Bertz CT molecular complexity index is 859. The van der Waals surface area contributed by atoms with E-state index in [1.807, 2.05) is 42.5 Å². The number of nitrogens with one attached hydrogen (secondary N) is 1. The Kier molecular flexibility index (Phi) is 4.07. The van der Waals surface area contributed by atoms with E-state index in [1.165, 1.54) is 0 Å². The van der Waals surface area contributed by atoms with Gasteiger partial charge in [-0.1, -0.05) is 36.4 Å². The van der Waals surface area contributed by atoms with E-state index in [2.05, 4.69) is 5.32 Å². The van der Waals surface area contributed by atoms with Gasteiger partial charge in [0.05, 0.1) is 6.54 Å². The van der Waals surface area contributed by atoms with Gasteiger partial charge in [-0.2, -0.15) is 0 Å². The summed E-state index contributed by atoms with van der Waals surface area (Å²) in [6.45, 7) is 1.70. The molecule has 1 saturated heterocycles. The molecule has 2 aliphatic rings. The van der Waals surface area contributed by atoms with E-state index in [0.717, 1.165) is 28.5 Å². The summed E-state index contributed by atoms with van der Waals surface area (Å²) in [5.74, 6) is 0.615. The van der Waals surface area contributed by atoms with Crippen molar-refractivity contribution in [3.05, 3.63) is 42.5 Å². The predicted octanol–water partition coefficient (Wildman–Crippen LogP) is 2.30. The van der Waals surface area contributed by atoms with Crippen molar-refractivity contribution >= 4 is 22.7 Å². The van der Waals surface area contributed by atoms with Gasteiger partial charge in [-0.15, -0.1) is 0 Å². The van der Waals surface area contributed by atoms with Crippen molar-refractivity contribution in [3.63, 3.8) is 0 Å². The number of hydrogen-bond acceptors (Lipinski definition) is 4. The largest absolute Gasteiger partial charge is 0.490 e. The highest BCUT2D eigenvalue weighted by atomic mass is 16.5. The standard InChI is InChI=1S/C20H22N2O4/c1-20(14-9-10-14)18(24)22(19(25)21-20)11-15(23)12-26-17-8-4-6-13-5-2-3-7-16(13)17/h2-8,14-15,23H,9-12H2,1H3,(H,21,25)/t15-,20+/m0/s1. The van der Waals surface area contributed by atoms with E-state index in [9.17, 15) is 14.7 Å². The Balaban J connectivity index is 1.40. The van der Waals surface area contributed by atoms with Gasteiger partial charge < -0.3 is 15.2 Å². The molecular formula is C20H22N2O4. The highest BCUT2D eigenvalue weighted by Gasteiger charge is 2.56. The molecule has 6 nitrogen and oxygen atoms in total. The van der Waals surface area contributed by atoms with Crippen molar-refractivity contribution in [2.45, 2.75) is 31.4 Å². The van der Waals surface area contributed by atoms with Crippen LogP contribution in [0.1, 0.15) is 19.8 Å². The number of hydrogen-bond donors (Lipinski definition) is 2. The highest BCUT2D eigenvalue weighted by Crippen LogP contribution is 2.42. The first-order valence-corrected chi connectivity index (χ1v) is 8.92. The van der Waals surface area contributed by atoms with Gasteiger partial charge in [0.15, 0.2) is 0 Å². The fourth-order valence-corrected chi connectivity index (χ4v) is 3.59. The third kappa shape index (κ3) is 2.90. The van der Waals surface area contributed by atoms with Crippen LogP contribution in [0.4, 0.5) is 4.79 Å². The van der Waals surface area contributed by atoms with Crippen molar-refractivity contribution in [2.24, 2.45) is 5.92 Å². The van der Waals surface area contributed by atoms with Crippen LogP contribution in [0.15, 0.2) is 42.5 Å². The molecule has 0 unspecified atom stereocenters. The summed E-state index contributed by atoms with van der Waals surface area (Å²) in [7, 11) is 0. The number of amides is 3. The molecule has 1 saturated carbocycles. The second-order valence-corrected chi connectivity index (χ2v) is 7.26. The maximum atomic E-state index is 12.6. The molecule has 136 valence electrons. The second kappa shape index (κ2) is 6.29. The molecule has 2 atom stereocenters. The van der Waals surface area contributed by atoms with Crippen LogP contribution in [0.3, 0.4) is 0 Å². The molecular weight excluding hydrogens is 332 g/mol. The maximum Gasteiger partial charge on any atom is 0.325 e. The zero-order valence-corrected chi connectivity index (χ0v) is 14.6. The minimum atomic E-state index is -0.953. The quantitative estimate of drug-likeness (QED) is 0.780. The summed E-state index contributed by atoms with van der Waals surface area (Å²) in [5.41, 5.74) is -0.826. The number of ether oxygens (including phenoxy) is 1. The smallest absolute Gasteiger partial charge is 0.325 e. The number of β-amino-alcohol motifs (C(OH)–C–C–N with tert-alkyl or cyclic N) is 1. The van der Waals surface area contributed by atoms with Crippen LogP contribution in [0, 0.1) is 5.92 Å².